The van der Waals surface area contributed by atoms with Crippen LogP contribution in [0.5, 0.6) is 0 Å². The SMILES string of the molecule is Cc1ccc(C)c(S(=O)(=O)Nc2ccccc2C(=O)NCc2ccccc2Cn2ccnc2)c1. The molecular weight excluding hydrogens is 448 g/mol. The highest BCUT2D eigenvalue weighted by atomic mass is 32.2. The Hall–Kier alpha value is -3.91. The molecule has 34 heavy (non-hydrogen) atoms. The van der Waals surface area contributed by atoms with E-state index >= 15 is 0 Å². The number of aromatic nitrogens is 2. The van der Waals surface area contributed by atoms with Crippen LogP contribution in [0, 0.1) is 13.8 Å². The molecule has 0 aliphatic heterocycles. The van der Waals surface area contributed by atoms with Crippen molar-refractivity contribution >= 4 is 21.6 Å². The Bertz CT molecular complexity index is 1410. The van der Waals surface area contributed by atoms with Crippen LogP contribution >= 0.6 is 0 Å². The monoisotopic (exact) mass is 474 g/mol. The van der Waals surface area contributed by atoms with Crippen LogP contribution in [0.25, 0.3) is 0 Å². The van der Waals surface area contributed by atoms with Crippen molar-refractivity contribution in [2.24, 2.45) is 0 Å². The molecule has 0 aliphatic rings. The van der Waals surface area contributed by atoms with E-state index < -0.39 is 10.0 Å². The minimum Gasteiger partial charge on any atom is -0.348 e. The lowest BCUT2D eigenvalue weighted by molar-refractivity contribution is 0.0951. The molecule has 0 spiro atoms. The molecule has 0 radical (unpaired) electrons. The van der Waals surface area contributed by atoms with Crippen LogP contribution in [0.1, 0.15) is 32.6 Å². The zero-order valence-corrected chi connectivity index (χ0v) is 19.8. The molecule has 0 aliphatic carbocycles. The molecule has 0 saturated heterocycles. The van der Waals surface area contributed by atoms with Crippen LogP contribution in [-0.4, -0.2) is 23.9 Å². The molecule has 0 fully saturated rings. The first-order chi connectivity index (χ1) is 16.3. The van der Waals surface area contributed by atoms with E-state index in [4.69, 9.17) is 0 Å². The standard InChI is InChI=1S/C26H26N4O3S/c1-19-11-12-20(2)25(15-19)34(32,33)29-24-10-6-5-9-23(24)26(31)28-16-21-7-3-4-8-22(21)17-30-14-13-27-18-30/h3-15,18,29H,16-17H2,1-2H3,(H,28,31). The van der Waals surface area contributed by atoms with E-state index in [9.17, 15) is 13.2 Å². The number of carbonyl (C=O) groups is 1. The van der Waals surface area contributed by atoms with Crippen molar-refractivity contribution in [2.45, 2.75) is 31.8 Å². The number of nitrogens with one attached hydrogen (secondary N) is 2. The van der Waals surface area contributed by atoms with E-state index in [1.165, 1.54) is 0 Å². The minimum atomic E-state index is -3.86. The summed E-state index contributed by atoms with van der Waals surface area (Å²) >= 11 is 0. The first-order valence-electron chi connectivity index (χ1n) is 10.8. The molecule has 3 aromatic carbocycles. The number of imidazole rings is 1. The van der Waals surface area contributed by atoms with Gasteiger partial charge in [-0.2, -0.15) is 0 Å². The molecule has 8 heteroatoms. The van der Waals surface area contributed by atoms with E-state index in [0.29, 0.717) is 18.7 Å². The third-order valence-corrected chi connectivity index (χ3v) is 7.03. The molecule has 0 unspecified atom stereocenters. The fraction of sp³-hybridized carbons (Fsp3) is 0.154. The van der Waals surface area contributed by atoms with Crippen molar-refractivity contribution in [1.29, 1.82) is 0 Å². The van der Waals surface area contributed by atoms with Gasteiger partial charge in [0.25, 0.3) is 15.9 Å². The Morgan fingerprint density at radius 3 is 2.47 bits per heavy atom. The summed E-state index contributed by atoms with van der Waals surface area (Å²) in [6.07, 6.45) is 5.35. The predicted molar refractivity (Wildman–Crippen MR) is 132 cm³/mol. The lowest BCUT2D eigenvalue weighted by atomic mass is 10.1. The van der Waals surface area contributed by atoms with Gasteiger partial charge in [0, 0.05) is 25.5 Å². The summed E-state index contributed by atoms with van der Waals surface area (Å²) in [5.74, 6) is -0.364. The number of rotatable bonds is 8. The molecule has 1 aromatic heterocycles. The average molecular weight is 475 g/mol. The number of amides is 1. The summed E-state index contributed by atoms with van der Waals surface area (Å²) in [6.45, 7) is 4.53. The molecule has 4 aromatic rings. The Labute approximate surface area is 199 Å². The van der Waals surface area contributed by atoms with Gasteiger partial charge in [-0.1, -0.05) is 48.5 Å². The van der Waals surface area contributed by atoms with E-state index in [-0.39, 0.29) is 22.1 Å². The number of hydrogen-bond donors (Lipinski definition) is 2. The number of benzene rings is 3. The average Bonchev–Trinajstić information content (AvgIpc) is 3.33. The highest BCUT2D eigenvalue weighted by Crippen LogP contribution is 2.23. The highest BCUT2D eigenvalue weighted by molar-refractivity contribution is 7.92. The van der Waals surface area contributed by atoms with Crippen LogP contribution in [0.4, 0.5) is 5.69 Å². The molecule has 4 rings (SSSR count). The normalized spacial score (nSPS) is 11.2. The first-order valence-corrected chi connectivity index (χ1v) is 12.3. The maximum atomic E-state index is 13.1. The summed E-state index contributed by atoms with van der Waals surface area (Å²) < 4.78 is 30.7. The molecule has 0 saturated carbocycles. The van der Waals surface area contributed by atoms with Gasteiger partial charge in [0.1, 0.15) is 0 Å². The van der Waals surface area contributed by atoms with E-state index in [2.05, 4.69) is 15.0 Å². The number of carbonyl (C=O) groups excluding carboxylic acids is 1. The van der Waals surface area contributed by atoms with Crippen molar-refractivity contribution in [3.8, 4) is 0 Å². The van der Waals surface area contributed by atoms with Gasteiger partial charge >= 0.3 is 0 Å². The largest absolute Gasteiger partial charge is 0.348 e. The van der Waals surface area contributed by atoms with Crippen LogP contribution in [0.2, 0.25) is 0 Å². The van der Waals surface area contributed by atoms with Crippen LogP contribution in [0.3, 0.4) is 0 Å². The first kappa shape index (κ1) is 23.3. The summed E-state index contributed by atoms with van der Waals surface area (Å²) in [4.78, 5) is 17.3. The minimum absolute atomic E-state index is 0.191. The molecular formula is C26H26N4O3S. The third-order valence-electron chi connectivity index (χ3n) is 5.52. The zero-order valence-electron chi connectivity index (χ0n) is 19.0. The van der Waals surface area contributed by atoms with E-state index in [0.717, 1.165) is 16.7 Å². The number of para-hydroxylation sites is 1. The molecule has 0 atom stereocenters. The predicted octanol–water partition coefficient (Wildman–Crippen LogP) is 4.28. The van der Waals surface area contributed by atoms with E-state index in [1.54, 1.807) is 55.8 Å². The van der Waals surface area contributed by atoms with Gasteiger partial charge in [0.2, 0.25) is 0 Å². The number of hydrogen-bond acceptors (Lipinski definition) is 4. The molecule has 1 amide bonds. The second-order valence-electron chi connectivity index (χ2n) is 8.11. The summed E-state index contributed by atoms with van der Waals surface area (Å²) in [5, 5.41) is 2.92. The molecule has 7 nitrogen and oxygen atoms in total. The van der Waals surface area contributed by atoms with Gasteiger partial charge in [-0.3, -0.25) is 9.52 Å². The van der Waals surface area contributed by atoms with Gasteiger partial charge in [-0.05, 0) is 54.3 Å². The topological polar surface area (TPSA) is 93.1 Å². The smallest absolute Gasteiger partial charge is 0.262 e. The Morgan fingerprint density at radius 1 is 0.971 bits per heavy atom. The van der Waals surface area contributed by atoms with Gasteiger partial charge in [0.05, 0.1) is 22.5 Å². The zero-order chi connectivity index (χ0) is 24.1. The van der Waals surface area contributed by atoms with Crippen molar-refractivity contribution in [3.05, 3.63) is 113 Å². The third kappa shape index (κ3) is 5.35. The summed E-state index contributed by atoms with van der Waals surface area (Å²) in [7, 11) is -3.86. The summed E-state index contributed by atoms with van der Waals surface area (Å²) in [6, 6.07) is 19.7. The maximum absolute atomic E-state index is 13.1. The van der Waals surface area contributed by atoms with Crippen LogP contribution in [-0.2, 0) is 23.1 Å². The quantitative estimate of drug-likeness (QED) is 0.399. The lowest BCUT2D eigenvalue weighted by Crippen LogP contribution is -2.25. The summed E-state index contributed by atoms with van der Waals surface area (Å²) in [5.41, 5.74) is 3.99. The number of nitrogens with zero attached hydrogens (tertiary/aromatic N) is 2. The Morgan fingerprint density at radius 2 is 1.71 bits per heavy atom. The van der Waals surface area contributed by atoms with Gasteiger partial charge in [0.15, 0.2) is 0 Å². The van der Waals surface area contributed by atoms with Crippen molar-refractivity contribution < 1.29 is 13.2 Å². The van der Waals surface area contributed by atoms with E-state index in [1.807, 2.05) is 48.0 Å². The molecule has 0 bridgehead atoms. The molecule has 174 valence electrons. The Kier molecular flexibility index (Phi) is 6.79. The Balaban J connectivity index is 1.52. The number of anilines is 1. The lowest BCUT2D eigenvalue weighted by Gasteiger charge is -2.15. The molecule has 1 heterocycles. The molecule has 2 N–H and O–H groups in total. The van der Waals surface area contributed by atoms with Crippen LogP contribution in [0.15, 0.2) is 90.3 Å². The van der Waals surface area contributed by atoms with Crippen LogP contribution < -0.4 is 10.0 Å². The van der Waals surface area contributed by atoms with Gasteiger partial charge in [-0.15, -0.1) is 0 Å². The van der Waals surface area contributed by atoms with Crippen molar-refractivity contribution in [3.63, 3.8) is 0 Å². The second-order valence-corrected chi connectivity index (χ2v) is 9.76. The number of sulfonamides is 1. The van der Waals surface area contributed by atoms with Crippen molar-refractivity contribution in [1.82, 2.24) is 14.9 Å². The number of aryl methyl sites for hydroxylation is 2. The highest BCUT2D eigenvalue weighted by Gasteiger charge is 2.20. The van der Waals surface area contributed by atoms with Gasteiger partial charge in [-0.25, -0.2) is 13.4 Å². The van der Waals surface area contributed by atoms with Crippen molar-refractivity contribution in [2.75, 3.05) is 4.72 Å². The second kappa shape index (κ2) is 9.93. The maximum Gasteiger partial charge on any atom is 0.262 e. The fourth-order valence-corrected chi connectivity index (χ4v) is 5.11. The van der Waals surface area contributed by atoms with Gasteiger partial charge < -0.3 is 9.88 Å². The fourth-order valence-electron chi connectivity index (χ4n) is 3.70.